The van der Waals surface area contributed by atoms with Crippen molar-refractivity contribution in [3.63, 3.8) is 0 Å². The van der Waals surface area contributed by atoms with Crippen molar-refractivity contribution in [3.8, 4) is 0 Å². The Kier molecular flexibility index (Phi) is 5.74. The molecule has 0 unspecified atom stereocenters. The first-order valence-electron chi connectivity index (χ1n) is 8.87. The Hall–Kier alpha value is -1.77. The molecule has 6 nitrogen and oxygen atoms in total. The van der Waals surface area contributed by atoms with Gasteiger partial charge in [0.1, 0.15) is 10.7 Å². The standard InChI is InChI=1S/C18H25FN4O2S/c1-14-18(15(2)21-20-14)26(24,25)23-12-10-22(11-13-23)9-5-7-16-6-3-4-8-17(16)19/h3-4,6,8H,5,7,9-13H2,1-2H3,(H,20,21). The summed E-state index contributed by atoms with van der Waals surface area (Å²) in [6.07, 6.45) is 1.55. The van der Waals surface area contributed by atoms with Gasteiger partial charge in [-0.3, -0.25) is 5.10 Å². The molecule has 2 heterocycles. The van der Waals surface area contributed by atoms with Crippen molar-refractivity contribution in [2.24, 2.45) is 0 Å². The average molecular weight is 380 g/mol. The highest BCUT2D eigenvalue weighted by Crippen LogP contribution is 2.22. The number of hydrogen-bond donors (Lipinski definition) is 1. The molecule has 0 saturated carbocycles. The molecule has 0 aliphatic carbocycles. The van der Waals surface area contributed by atoms with Crippen molar-refractivity contribution in [1.82, 2.24) is 19.4 Å². The number of benzene rings is 1. The van der Waals surface area contributed by atoms with E-state index in [0.717, 1.165) is 18.5 Å². The molecule has 26 heavy (non-hydrogen) atoms. The molecule has 1 saturated heterocycles. The molecule has 0 radical (unpaired) electrons. The summed E-state index contributed by atoms with van der Waals surface area (Å²) in [4.78, 5) is 2.53. The highest BCUT2D eigenvalue weighted by molar-refractivity contribution is 7.89. The van der Waals surface area contributed by atoms with E-state index in [-0.39, 0.29) is 5.82 Å². The van der Waals surface area contributed by atoms with Crippen LogP contribution >= 0.6 is 0 Å². The van der Waals surface area contributed by atoms with Crippen LogP contribution in [0.4, 0.5) is 4.39 Å². The van der Waals surface area contributed by atoms with E-state index in [1.165, 1.54) is 10.4 Å². The molecule has 0 spiro atoms. The molecular weight excluding hydrogens is 355 g/mol. The summed E-state index contributed by atoms with van der Waals surface area (Å²) in [6.45, 7) is 6.57. The molecule has 8 heteroatoms. The van der Waals surface area contributed by atoms with Crippen LogP contribution in [-0.4, -0.2) is 60.5 Å². The van der Waals surface area contributed by atoms with E-state index in [0.29, 0.717) is 48.9 Å². The average Bonchev–Trinajstić information content (AvgIpc) is 2.96. The second-order valence-corrected chi connectivity index (χ2v) is 8.58. The molecule has 1 aromatic heterocycles. The Morgan fingerprint density at radius 3 is 2.46 bits per heavy atom. The maximum atomic E-state index is 13.6. The van der Waals surface area contributed by atoms with Crippen LogP contribution in [0.5, 0.6) is 0 Å². The van der Waals surface area contributed by atoms with E-state index in [2.05, 4.69) is 15.1 Å². The zero-order chi connectivity index (χ0) is 18.7. The first-order chi connectivity index (χ1) is 12.4. The predicted molar refractivity (Wildman–Crippen MR) is 98.0 cm³/mol. The Bertz CT molecular complexity index is 838. The number of aromatic nitrogens is 2. The summed E-state index contributed by atoms with van der Waals surface area (Å²) in [6, 6.07) is 6.85. The molecule has 0 bridgehead atoms. The van der Waals surface area contributed by atoms with Crippen LogP contribution in [0.15, 0.2) is 29.2 Å². The number of aromatic amines is 1. The van der Waals surface area contributed by atoms with Gasteiger partial charge in [-0.05, 0) is 44.9 Å². The lowest BCUT2D eigenvalue weighted by molar-refractivity contribution is 0.186. The number of rotatable bonds is 6. The highest BCUT2D eigenvalue weighted by Gasteiger charge is 2.32. The van der Waals surface area contributed by atoms with Crippen molar-refractivity contribution in [1.29, 1.82) is 0 Å². The van der Waals surface area contributed by atoms with Gasteiger partial charge in [0, 0.05) is 26.2 Å². The summed E-state index contributed by atoms with van der Waals surface area (Å²) < 4.78 is 40.9. The third-order valence-electron chi connectivity index (χ3n) is 4.87. The van der Waals surface area contributed by atoms with Gasteiger partial charge >= 0.3 is 0 Å². The molecule has 0 amide bonds. The molecule has 1 N–H and O–H groups in total. The first-order valence-corrected chi connectivity index (χ1v) is 10.3. The van der Waals surface area contributed by atoms with E-state index in [4.69, 9.17) is 0 Å². The monoisotopic (exact) mass is 380 g/mol. The number of piperazine rings is 1. The summed E-state index contributed by atoms with van der Waals surface area (Å²) in [7, 11) is -3.51. The number of aryl methyl sites for hydroxylation is 3. The lowest BCUT2D eigenvalue weighted by Gasteiger charge is -2.34. The summed E-state index contributed by atoms with van der Waals surface area (Å²) >= 11 is 0. The number of nitrogens with zero attached hydrogens (tertiary/aromatic N) is 3. The molecule has 0 atom stereocenters. The number of hydrogen-bond acceptors (Lipinski definition) is 4. The van der Waals surface area contributed by atoms with Crippen molar-refractivity contribution < 1.29 is 12.8 Å². The lowest BCUT2D eigenvalue weighted by atomic mass is 10.1. The first kappa shape index (κ1) is 19.0. The molecule has 3 rings (SSSR count). The largest absolute Gasteiger partial charge is 0.301 e. The lowest BCUT2D eigenvalue weighted by Crippen LogP contribution is -2.48. The minimum Gasteiger partial charge on any atom is -0.301 e. The third kappa shape index (κ3) is 3.97. The zero-order valence-corrected chi connectivity index (χ0v) is 16.0. The molecule has 2 aromatic rings. The highest BCUT2D eigenvalue weighted by atomic mass is 32.2. The zero-order valence-electron chi connectivity index (χ0n) is 15.2. The van der Waals surface area contributed by atoms with Crippen LogP contribution in [0.2, 0.25) is 0 Å². The maximum Gasteiger partial charge on any atom is 0.246 e. The van der Waals surface area contributed by atoms with Gasteiger partial charge in [-0.1, -0.05) is 18.2 Å². The number of H-pyrrole nitrogens is 1. The van der Waals surface area contributed by atoms with Gasteiger partial charge in [0.15, 0.2) is 0 Å². The van der Waals surface area contributed by atoms with Crippen LogP contribution in [0, 0.1) is 19.7 Å². The third-order valence-corrected chi connectivity index (χ3v) is 7.03. The number of nitrogens with one attached hydrogen (secondary N) is 1. The molecular formula is C18H25FN4O2S. The van der Waals surface area contributed by atoms with E-state index < -0.39 is 10.0 Å². The SMILES string of the molecule is Cc1n[nH]c(C)c1S(=O)(=O)N1CCN(CCCc2ccccc2F)CC1. The molecule has 1 aromatic carbocycles. The maximum absolute atomic E-state index is 13.6. The minimum absolute atomic E-state index is 0.158. The second kappa shape index (κ2) is 7.85. The van der Waals surface area contributed by atoms with Gasteiger partial charge in [0.05, 0.1) is 11.4 Å². The van der Waals surface area contributed by atoms with E-state index in [9.17, 15) is 12.8 Å². The van der Waals surface area contributed by atoms with Gasteiger partial charge in [-0.2, -0.15) is 9.40 Å². The van der Waals surface area contributed by atoms with E-state index in [1.807, 2.05) is 12.1 Å². The Morgan fingerprint density at radius 1 is 1.15 bits per heavy atom. The molecule has 1 fully saturated rings. The second-order valence-electron chi connectivity index (χ2n) is 6.70. The predicted octanol–water partition coefficient (Wildman–Crippen LogP) is 2.10. The summed E-state index contributed by atoms with van der Waals surface area (Å²) in [5.74, 6) is -0.158. The van der Waals surface area contributed by atoms with Crippen LogP contribution < -0.4 is 0 Å². The molecule has 1 aliphatic rings. The molecule has 142 valence electrons. The van der Waals surface area contributed by atoms with Crippen LogP contribution in [-0.2, 0) is 16.4 Å². The molecule has 1 aliphatic heterocycles. The number of sulfonamides is 1. The van der Waals surface area contributed by atoms with Crippen molar-refractivity contribution in [2.45, 2.75) is 31.6 Å². The summed E-state index contributed by atoms with van der Waals surface area (Å²) in [5.41, 5.74) is 1.82. The minimum atomic E-state index is -3.51. The van der Waals surface area contributed by atoms with Crippen molar-refractivity contribution >= 4 is 10.0 Å². The fourth-order valence-electron chi connectivity index (χ4n) is 3.44. The van der Waals surface area contributed by atoms with Gasteiger partial charge < -0.3 is 4.90 Å². The fourth-order valence-corrected chi connectivity index (χ4v) is 5.19. The van der Waals surface area contributed by atoms with E-state index in [1.54, 1.807) is 19.9 Å². The van der Waals surface area contributed by atoms with Crippen molar-refractivity contribution in [3.05, 3.63) is 47.0 Å². The Labute approximate surface area is 154 Å². The Morgan fingerprint density at radius 2 is 1.85 bits per heavy atom. The smallest absolute Gasteiger partial charge is 0.246 e. The number of halogens is 1. The quantitative estimate of drug-likeness (QED) is 0.833. The van der Waals surface area contributed by atoms with Crippen LogP contribution in [0.1, 0.15) is 23.4 Å². The van der Waals surface area contributed by atoms with Gasteiger partial charge in [-0.15, -0.1) is 0 Å². The summed E-state index contributed by atoms with van der Waals surface area (Å²) in [5, 5.41) is 6.74. The van der Waals surface area contributed by atoms with Crippen molar-refractivity contribution in [2.75, 3.05) is 32.7 Å². The Balaban J connectivity index is 1.52. The topological polar surface area (TPSA) is 69.3 Å². The van der Waals surface area contributed by atoms with Crippen LogP contribution in [0.25, 0.3) is 0 Å². The van der Waals surface area contributed by atoms with Gasteiger partial charge in [-0.25, -0.2) is 12.8 Å². The van der Waals surface area contributed by atoms with Gasteiger partial charge in [0.25, 0.3) is 0 Å². The van der Waals surface area contributed by atoms with Gasteiger partial charge in [0.2, 0.25) is 10.0 Å². The van der Waals surface area contributed by atoms with Crippen LogP contribution in [0.3, 0.4) is 0 Å². The fraction of sp³-hybridized carbons (Fsp3) is 0.500. The normalized spacial score (nSPS) is 16.9. The van der Waals surface area contributed by atoms with E-state index >= 15 is 0 Å².